The molecule has 0 saturated carbocycles. The van der Waals surface area contributed by atoms with E-state index in [1.165, 1.54) is 16.4 Å². The second kappa shape index (κ2) is 7.18. The van der Waals surface area contributed by atoms with Gasteiger partial charge in [0.15, 0.2) is 0 Å². The highest BCUT2D eigenvalue weighted by Gasteiger charge is 2.33. The highest BCUT2D eigenvalue weighted by atomic mass is 32.2. The summed E-state index contributed by atoms with van der Waals surface area (Å²) in [5, 5.41) is 8.52. The van der Waals surface area contributed by atoms with Crippen LogP contribution in [-0.2, 0) is 14.8 Å². The van der Waals surface area contributed by atoms with Gasteiger partial charge in [-0.2, -0.15) is 9.57 Å². The van der Waals surface area contributed by atoms with Gasteiger partial charge in [0.2, 0.25) is 10.0 Å². The standard InChI is InChI=1S/C15H19FN2O3S/c1-12-10-18(22(19,20)9-3-2-8-17)11-15(21-12)13-4-6-14(16)7-5-13/h4-7,12,15H,2-3,9-11H2,1H3/t12-,15-/m1/s1. The minimum Gasteiger partial charge on any atom is -0.368 e. The van der Waals surface area contributed by atoms with Gasteiger partial charge in [-0.25, -0.2) is 12.8 Å². The first-order valence-electron chi connectivity index (χ1n) is 7.18. The fourth-order valence-electron chi connectivity index (χ4n) is 2.46. The third-order valence-corrected chi connectivity index (χ3v) is 5.44. The Hall–Kier alpha value is -1.49. The lowest BCUT2D eigenvalue weighted by Gasteiger charge is -2.36. The van der Waals surface area contributed by atoms with E-state index in [4.69, 9.17) is 10.00 Å². The predicted molar refractivity (Wildman–Crippen MR) is 79.9 cm³/mol. The molecule has 0 aromatic heterocycles. The summed E-state index contributed by atoms with van der Waals surface area (Å²) in [4.78, 5) is 0. The first-order valence-corrected chi connectivity index (χ1v) is 8.79. The van der Waals surface area contributed by atoms with Crippen LogP contribution in [0.15, 0.2) is 24.3 Å². The summed E-state index contributed by atoms with van der Waals surface area (Å²) in [6, 6.07) is 7.84. The van der Waals surface area contributed by atoms with Crippen LogP contribution in [0.1, 0.15) is 31.4 Å². The molecule has 1 heterocycles. The molecule has 120 valence electrons. The third-order valence-electron chi connectivity index (χ3n) is 3.55. The number of hydrogen-bond donors (Lipinski definition) is 0. The number of unbranched alkanes of at least 4 members (excludes halogenated alkanes) is 1. The van der Waals surface area contributed by atoms with Crippen LogP contribution in [0.5, 0.6) is 0 Å². The number of hydrogen-bond acceptors (Lipinski definition) is 4. The van der Waals surface area contributed by atoms with Crippen molar-refractivity contribution in [1.29, 1.82) is 5.26 Å². The van der Waals surface area contributed by atoms with Crippen molar-refractivity contribution >= 4 is 10.0 Å². The van der Waals surface area contributed by atoms with Crippen LogP contribution in [0.25, 0.3) is 0 Å². The minimum atomic E-state index is -3.41. The summed E-state index contributed by atoms with van der Waals surface area (Å²) in [5.41, 5.74) is 0.755. The number of sulfonamides is 1. The van der Waals surface area contributed by atoms with Crippen LogP contribution in [-0.4, -0.2) is 37.7 Å². The van der Waals surface area contributed by atoms with Gasteiger partial charge in [-0.15, -0.1) is 0 Å². The summed E-state index contributed by atoms with van der Waals surface area (Å²) >= 11 is 0. The number of benzene rings is 1. The van der Waals surface area contributed by atoms with Crippen LogP contribution in [0.4, 0.5) is 4.39 Å². The van der Waals surface area contributed by atoms with E-state index in [0.29, 0.717) is 13.0 Å². The molecule has 0 N–H and O–H groups in total. The second-order valence-electron chi connectivity index (χ2n) is 5.38. The molecule has 1 aromatic rings. The first kappa shape index (κ1) is 16.9. The van der Waals surface area contributed by atoms with Gasteiger partial charge >= 0.3 is 0 Å². The molecule has 1 aliphatic heterocycles. The van der Waals surface area contributed by atoms with Crippen molar-refractivity contribution in [2.75, 3.05) is 18.8 Å². The van der Waals surface area contributed by atoms with Gasteiger partial charge in [-0.3, -0.25) is 0 Å². The Balaban J connectivity index is 2.10. The number of nitrogens with zero attached hydrogens (tertiary/aromatic N) is 2. The van der Waals surface area contributed by atoms with Crippen LogP contribution in [0.3, 0.4) is 0 Å². The van der Waals surface area contributed by atoms with E-state index in [1.807, 2.05) is 13.0 Å². The Labute approximate surface area is 130 Å². The highest BCUT2D eigenvalue weighted by Crippen LogP contribution is 2.27. The third kappa shape index (κ3) is 4.26. The summed E-state index contributed by atoms with van der Waals surface area (Å²) in [6.45, 7) is 2.32. The summed E-state index contributed by atoms with van der Waals surface area (Å²) < 4.78 is 44.9. The molecule has 1 aromatic carbocycles. The number of halogens is 1. The number of ether oxygens (including phenoxy) is 1. The first-order chi connectivity index (χ1) is 10.4. The Morgan fingerprint density at radius 3 is 2.68 bits per heavy atom. The fraction of sp³-hybridized carbons (Fsp3) is 0.533. The molecule has 1 saturated heterocycles. The lowest BCUT2D eigenvalue weighted by Crippen LogP contribution is -2.46. The summed E-state index contributed by atoms with van der Waals surface area (Å²) in [5.74, 6) is -0.378. The summed E-state index contributed by atoms with van der Waals surface area (Å²) in [6.07, 6.45) is -0.101. The van der Waals surface area contributed by atoms with Crippen molar-refractivity contribution in [3.63, 3.8) is 0 Å². The van der Waals surface area contributed by atoms with Crippen molar-refractivity contribution in [2.24, 2.45) is 0 Å². The maximum Gasteiger partial charge on any atom is 0.214 e. The van der Waals surface area contributed by atoms with E-state index in [0.717, 1.165) is 5.56 Å². The van der Waals surface area contributed by atoms with Gasteiger partial charge < -0.3 is 4.74 Å². The largest absolute Gasteiger partial charge is 0.368 e. The molecular formula is C15H19FN2O3S. The topological polar surface area (TPSA) is 70.4 Å². The maximum atomic E-state index is 13.0. The molecule has 2 rings (SSSR count). The Morgan fingerprint density at radius 2 is 2.05 bits per heavy atom. The van der Waals surface area contributed by atoms with Crippen LogP contribution in [0.2, 0.25) is 0 Å². The molecule has 2 atom stereocenters. The normalized spacial score (nSPS) is 23.1. The number of nitriles is 1. The molecule has 22 heavy (non-hydrogen) atoms. The molecular weight excluding hydrogens is 307 g/mol. The molecule has 0 amide bonds. The molecule has 0 spiro atoms. The fourth-order valence-corrected chi connectivity index (χ4v) is 4.03. The molecule has 5 nitrogen and oxygen atoms in total. The molecule has 1 aliphatic rings. The number of morpholine rings is 1. The van der Waals surface area contributed by atoms with Gasteiger partial charge in [0.25, 0.3) is 0 Å². The van der Waals surface area contributed by atoms with Gasteiger partial charge in [-0.1, -0.05) is 12.1 Å². The van der Waals surface area contributed by atoms with Crippen molar-refractivity contribution in [1.82, 2.24) is 4.31 Å². The van der Waals surface area contributed by atoms with E-state index in [9.17, 15) is 12.8 Å². The van der Waals surface area contributed by atoms with E-state index >= 15 is 0 Å². The number of rotatable bonds is 5. The van der Waals surface area contributed by atoms with Crippen molar-refractivity contribution in [2.45, 2.75) is 32.0 Å². The zero-order chi connectivity index (χ0) is 16.2. The SMILES string of the molecule is C[C@@H]1CN(S(=O)(=O)CCCC#N)C[C@H](c2ccc(F)cc2)O1. The van der Waals surface area contributed by atoms with Gasteiger partial charge in [0, 0.05) is 19.5 Å². The van der Waals surface area contributed by atoms with Crippen molar-refractivity contribution in [3.05, 3.63) is 35.6 Å². The second-order valence-corrected chi connectivity index (χ2v) is 7.47. The van der Waals surface area contributed by atoms with Crippen LogP contribution < -0.4 is 0 Å². The lowest BCUT2D eigenvalue weighted by molar-refractivity contribution is -0.0557. The quantitative estimate of drug-likeness (QED) is 0.778. The highest BCUT2D eigenvalue weighted by molar-refractivity contribution is 7.89. The van der Waals surface area contributed by atoms with E-state index in [1.54, 1.807) is 12.1 Å². The Morgan fingerprint density at radius 1 is 1.36 bits per heavy atom. The van der Waals surface area contributed by atoms with Crippen LogP contribution in [0, 0.1) is 17.1 Å². The Bertz CT molecular complexity index is 640. The zero-order valence-corrected chi connectivity index (χ0v) is 13.2. The van der Waals surface area contributed by atoms with Gasteiger partial charge in [0.05, 0.1) is 24.0 Å². The lowest BCUT2D eigenvalue weighted by atomic mass is 10.1. The predicted octanol–water partition coefficient (Wildman–Crippen LogP) is 2.22. The monoisotopic (exact) mass is 326 g/mol. The smallest absolute Gasteiger partial charge is 0.214 e. The maximum absolute atomic E-state index is 13.0. The van der Waals surface area contributed by atoms with E-state index < -0.39 is 16.1 Å². The molecule has 7 heteroatoms. The van der Waals surface area contributed by atoms with Gasteiger partial charge in [0.1, 0.15) is 5.82 Å². The zero-order valence-electron chi connectivity index (χ0n) is 12.4. The Kier molecular flexibility index (Phi) is 5.51. The molecule has 1 fully saturated rings. The van der Waals surface area contributed by atoms with Crippen molar-refractivity contribution < 1.29 is 17.5 Å². The molecule has 0 radical (unpaired) electrons. The van der Waals surface area contributed by atoms with Crippen LogP contribution >= 0.6 is 0 Å². The summed E-state index contributed by atoms with van der Waals surface area (Å²) in [7, 11) is -3.41. The molecule has 0 bridgehead atoms. The average molecular weight is 326 g/mol. The average Bonchev–Trinajstić information content (AvgIpc) is 2.47. The molecule has 0 unspecified atom stereocenters. The van der Waals surface area contributed by atoms with Crippen molar-refractivity contribution in [3.8, 4) is 6.07 Å². The van der Waals surface area contributed by atoms with E-state index in [-0.39, 0.29) is 30.6 Å². The minimum absolute atomic E-state index is 0.0383. The van der Waals surface area contributed by atoms with E-state index in [2.05, 4.69) is 0 Å². The van der Waals surface area contributed by atoms with Gasteiger partial charge in [-0.05, 0) is 31.0 Å². The molecule has 0 aliphatic carbocycles.